The Morgan fingerprint density at radius 1 is 1.11 bits per heavy atom. The Morgan fingerprint density at radius 3 is 2.56 bits per heavy atom. The number of aryl methyl sites for hydroxylation is 2. The molecule has 3 rings (SSSR count). The Labute approximate surface area is 104 Å². The van der Waals surface area contributed by atoms with Crippen molar-refractivity contribution in [3.8, 4) is 23.0 Å². The van der Waals surface area contributed by atoms with Gasteiger partial charge in [-0.15, -0.1) is 0 Å². The van der Waals surface area contributed by atoms with Gasteiger partial charge < -0.3 is 4.52 Å². The minimum absolute atomic E-state index is 0.426. The molecule has 0 aliphatic heterocycles. The predicted octanol–water partition coefficient (Wildman–Crippen LogP) is 2.74. The lowest BCUT2D eigenvalue weighted by Crippen LogP contribution is -1.81. The lowest BCUT2D eigenvalue weighted by atomic mass is 10.1. The van der Waals surface area contributed by atoms with Gasteiger partial charge in [-0.2, -0.15) is 10.1 Å². The van der Waals surface area contributed by atoms with Crippen LogP contribution in [0.3, 0.4) is 0 Å². The van der Waals surface area contributed by atoms with Crippen molar-refractivity contribution in [3.63, 3.8) is 0 Å². The molecule has 5 heteroatoms. The fraction of sp³-hybridized carbons (Fsp3) is 0.154. The second-order valence-electron chi connectivity index (χ2n) is 4.23. The minimum Gasteiger partial charge on any atom is -0.332 e. The Balaban J connectivity index is 1.96. The number of nitrogens with zero attached hydrogens (tertiary/aromatic N) is 3. The van der Waals surface area contributed by atoms with Gasteiger partial charge in [0, 0.05) is 11.3 Å². The van der Waals surface area contributed by atoms with E-state index in [9.17, 15) is 0 Å². The molecule has 0 bridgehead atoms. The summed E-state index contributed by atoms with van der Waals surface area (Å²) in [5, 5.41) is 10.9. The second kappa shape index (κ2) is 4.10. The van der Waals surface area contributed by atoms with Gasteiger partial charge in [0.25, 0.3) is 5.89 Å². The second-order valence-corrected chi connectivity index (χ2v) is 4.23. The standard InChI is InChI=1S/C13H12N4O/c1-8-3-5-10(6-4-8)12-14-13(18-17-12)11-7-9(2)15-16-11/h3-7H,1-2H3,(H,15,16). The van der Waals surface area contributed by atoms with E-state index in [-0.39, 0.29) is 0 Å². The first kappa shape index (κ1) is 10.7. The third-order valence-corrected chi connectivity index (χ3v) is 2.66. The summed E-state index contributed by atoms with van der Waals surface area (Å²) in [7, 11) is 0. The molecule has 2 heterocycles. The molecule has 1 N–H and O–H groups in total. The Bertz CT molecular complexity index is 666. The maximum atomic E-state index is 5.21. The number of aromatic amines is 1. The summed E-state index contributed by atoms with van der Waals surface area (Å²) in [6, 6.07) is 9.85. The Morgan fingerprint density at radius 2 is 1.89 bits per heavy atom. The van der Waals surface area contributed by atoms with Crippen LogP contribution in [0.5, 0.6) is 0 Å². The van der Waals surface area contributed by atoms with E-state index in [1.807, 2.05) is 44.2 Å². The normalized spacial score (nSPS) is 10.8. The molecular formula is C13H12N4O. The van der Waals surface area contributed by atoms with Crippen molar-refractivity contribution in [1.29, 1.82) is 0 Å². The van der Waals surface area contributed by atoms with Gasteiger partial charge in [-0.25, -0.2) is 0 Å². The molecule has 0 fully saturated rings. The SMILES string of the molecule is Cc1ccc(-c2noc(-c3cc(C)[nH]n3)n2)cc1. The van der Waals surface area contributed by atoms with Gasteiger partial charge in [-0.1, -0.05) is 35.0 Å². The molecule has 90 valence electrons. The maximum absolute atomic E-state index is 5.21. The number of rotatable bonds is 2. The van der Waals surface area contributed by atoms with Crippen molar-refractivity contribution in [1.82, 2.24) is 20.3 Å². The average molecular weight is 240 g/mol. The Kier molecular flexibility index (Phi) is 2.44. The summed E-state index contributed by atoms with van der Waals surface area (Å²) < 4.78 is 5.21. The molecule has 0 unspecified atom stereocenters. The lowest BCUT2D eigenvalue weighted by Gasteiger charge is -1.94. The molecule has 0 spiro atoms. The van der Waals surface area contributed by atoms with Gasteiger partial charge in [0.05, 0.1) is 0 Å². The van der Waals surface area contributed by atoms with Crippen molar-refractivity contribution in [2.75, 3.05) is 0 Å². The number of aromatic nitrogens is 4. The van der Waals surface area contributed by atoms with Gasteiger partial charge >= 0.3 is 0 Å². The highest BCUT2D eigenvalue weighted by atomic mass is 16.5. The van der Waals surface area contributed by atoms with E-state index in [0.717, 1.165) is 11.3 Å². The average Bonchev–Trinajstić information content (AvgIpc) is 2.98. The number of benzene rings is 1. The molecule has 3 aromatic rings. The number of H-pyrrole nitrogens is 1. The predicted molar refractivity (Wildman–Crippen MR) is 66.8 cm³/mol. The topological polar surface area (TPSA) is 67.6 Å². The van der Waals surface area contributed by atoms with E-state index in [4.69, 9.17) is 4.52 Å². The summed E-state index contributed by atoms with van der Waals surface area (Å²) >= 11 is 0. The third-order valence-electron chi connectivity index (χ3n) is 2.66. The van der Waals surface area contributed by atoms with Crippen LogP contribution in [-0.2, 0) is 0 Å². The van der Waals surface area contributed by atoms with Gasteiger partial charge in [0.1, 0.15) is 0 Å². The van der Waals surface area contributed by atoms with E-state index in [0.29, 0.717) is 17.4 Å². The molecule has 18 heavy (non-hydrogen) atoms. The third kappa shape index (κ3) is 1.90. The smallest absolute Gasteiger partial charge is 0.278 e. The molecule has 0 atom stereocenters. The van der Waals surface area contributed by atoms with Crippen molar-refractivity contribution in [2.45, 2.75) is 13.8 Å². The fourth-order valence-electron chi connectivity index (χ4n) is 1.67. The molecule has 0 amide bonds. The largest absolute Gasteiger partial charge is 0.332 e. The van der Waals surface area contributed by atoms with Crippen LogP contribution in [0.2, 0.25) is 0 Å². The summed E-state index contributed by atoms with van der Waals surface area (Å²) in [5.74, 6) is 1.00. The van der Waals surface area contributed by atoms with E-state index < -0.39 is 0 Å². The molecule has 1 aromatic carbocycles. The van der Waals surface area contributed by atoms with Crippen LogP contribution in [0.15, 0.2) is 34.9 Å². The summed E-state index contributed by atoms with van der Waals surface area (Å²) in [4.78, 5) is 4.33. The molecule has 5 nitrogen and oxygen atoms in total. The van der Waals surface area contributed by atoms with Crippen LogP contribution in [-0.4, -0.2) is 20.3 Å². The van der Waals surface area contributed by atoms with Gasteiger partial charge in [0.2, 0.25) is 5.82 Å². The minimum atomic E-state index is 0.426. The molecule has 2 aromatic heterocycles. The highest BCUT2D eigenvalue weighted by molar-refractivity contribution is 5.58. The first-order chi connectivity index (χ1) is 8.72. The van der Waals surface area contributed by atoms with Crippen LogP contribution in [0.1, 0.15) is 11.3 Å². The van der Waals surface area contributed by atoms with Gasteiger partial charge in [0.15, 0.2) is 5.69 Å². The number of nitrogens with one attached hydrogen (secondary N) is 1. The Hall–Kier alpha value is -2.43. The molecule has 0 saturated carbocycles. The molecular weight excluding hydrogens is 228 g/mol. The van der Waals surface area contributed by atoms with Crippen molar-refractivity contribution in [2.24, 2.45) is 0 Å². The molecule has 0 saturated heterocycles. The van der Waals surface area contributed by atoms with E-state index in [2.05, 4.69) is 20.3 Å². The summed E-state index contributed by atoms with van der Waals surface area (Å²) in [5.41, 5.74) is 3.76. The van der Waals surface area contributed by atoms with Gasteiger partial charge in [-0.3, -0.25) is 5.10 Å². The van der Waals surface area contributed by atoms with Gasteiger partial charge in [-0.05, 0) is 19.9 Å². The summed E-state index contributed by atoms with van der Waals surface area (Å²) in [6.07, 6.45) is 0. The van der Waals surface area contributed by atoms with Crippen LogP contribution < -0.4 is 0 Å². The molecule has 0 radical (unpaired) electrons. The first-order valence-electron chi connectivity index (χ1n) is 5.65. The maximum Gasteiger partial charge on any atom is 0.278 e. The van der Waals surface area contributed by atoms with Crippen LogP contribution in [0, 0.1) is 13.8 Å². The lowest BCUT2D eigenvalue weighted by molar-refractivity contribution is 0.431. The molecule has 0 aliphatic rings. The van der Waals surface area contributed by atoms with Crippen molar-refractivity contribution in [3.05, 3.63) is 41.6 Å². The highest BCUT2D eigenvalue weighted by Gasteiger charge is 2.12. The number of hydrogen-bond donors (Lipinski definition) is 1. The van der Waals surface area contributed by atoms with Crippen LogP contribution in [0.4, 0.5) is 0 Å². The van der Waals surface area contributed by atoms with Crippen molar-refractivity contribution >= 4 is 0 Å². The zero-order valence-electron chi connectivity index (χ0n) is 10.1. The fourth-order valence-corrected chi connectivity index (χ4v) is 1.67. The zero-order valence-corrected chi connectivity index (χ0v) is 10.1. The highest BCUT2D eigenvalue weighted by Crippen LogP contribution is 2.21. The van der Waals surface area contributed by atoms with E-state index in [1.54, 1.807) is 0 Å². The van der Waals surface area contributed by atoms with Crippen LogP contribution >= 0.6 is 0 Å². The van der Waals surface area contributed by atoms with Crippen molar-refractivity contribution < 1.29 is 4.52 Å². The summed E-state index contributed by atoms with van der Waals surface area (Å²) in [6.45, 7) is 3.96. The zero-order chi connectivity index (χ0) is 12.5. The molecule has 0 aliphatic carbocycles. The quantitative estimate of drug-likeness (QED) is 0.747. The van der Waals surface area contributed by atoms with E-state index >= 15 is 0 Å². The van der Waals surface area contributed by atoms with E-state index in [1.165, 1.54) is 5.56 Å². The number of hydrogen-bond acceptors (Lipinski definition) is 4. The first-order valence-corrected chi connectivity index (χ1v) is 5.65. The monoisotopic (exact) mass is 240 g/mol. The van der Waals surface area contributed by atoms with Crippen LogP contribution in [0.25, 0.3) is 23.0 Å².